The van der Waals surface area contributed by atoms with Gasteiger partial charge in [0.2, 0.25) is 5.91 Å². The smallest absolute Gasteiger partial charge is 0.254 e. The van der Waals surface area contributed by atoms with Crippen LogP contribution >= 0.6 is 0 Å². The van der Waals surface area contributed by atoms with Crippen LogP contribution in [-0.2, 0) is 4.79 Å². The van der Waals surface area contributed by atoms with Crippen molar-refractivity contribution >= 4 is 17.5 Å². The minimum absolute atomic E-state index is 0.0396. The monoisotopic (exact) mass is 317 g/mol. The highest BCUT2D eigenvalue weighted by atomic mass is 16.2. The van der Waals surface area contributed by atoms with E-state index in [2.05, 4.69) is 12.2 Å². The van der Waals surface area contributed by atoms with E-state index in [1.165, 1.54) is 6.42 Å². The third-order valence-corrected chi connectivity index (χ3v) is 4.42. The van der Waals surface area contributed by atoms with Crippen LogP contribution in [-0.4, -0.2) is 35.8 Å². The number of amides is 2. The number of carbonyl (C=O) groups excluding carboxylic acids is 2. The number of nitrogens with one attached hydrogen (secondary N) is 1. The molecule has 1 fully saturated rings. The average Bonchev–Trinajstić information content (AvgIpc) is 2.54. The van der Waals surface area contributed by atoms with E-state index in [0.29, 0.717) is 31.0 Å². The number of carbonyl (C=O) groups is 2. The van der Waals surface area contributed by atoms with Crippen LogP contribution in [0.5, 0.6) is 0 Å². The minimum atomic E-state index is -0.0396. The first-order chi connectivity index (χ1) is 11.0. The van der Waals surface area contributed by atoms with Crippen molar-refractivity contribution in [1.29, 1.82) is 0 Å². The summed E-state index contributed by atoms with van der Waals surface area (Å²) in [6.45, 7) is 5.36. The Morgan fingerprint density at radius 3 is 2.78 bits per heavy atom. The lowest BCUT2D eigenvalue weighted by Gasteiger charge is -2.33. The summed E-state index contributed by atoms with van der Waals surface area (Å²) in [6.07, 6.45) is 4.43. The topological polar surface area (TPSA) is 75.4 Å². The number of nitrogens with two attached hydrogens (primary N) is 1. The molecule has 2 amide bonds. The van der Waals surface area contributed by atoms with Crippen molar-refractivity contribution in [3.05, 3.63) is 29.3 Å². The molecule has 0 spiro atoms. The summed E-state index contributed by atoms with van der Waals surface area (Å²) in [5.41, 5.74) is 7.77. The van der Waals surface area contributed by atoms with Gasteiger partial charge in [0.15, 0.2) is 0 Å². The minimum Gasteiger partial charge on any atom is -0.336 e. The molecule has 0 radical (unpaired) electrons. The van der Waals surface area contributed by atoms with Crippen LogP contribution in [0.2, 0.25) is 0 Å². The fraction of sp³-hybridized carbons (Fsp3) is 0.556. The molecule has 1 atom stereocenters. The van der Waals surface area contributed by atoms with Crippen LogP contribution in [0, 0.1) is 6.92 Å². The highest BCUT2D eigenvalue weighted by Gasteiger charge is 2.24. The van der Waals surface area contributed by atoms with E-state index in [0.717, 1.165) is 30.6 Å². The molecule has 23 heavy (non-hydrogen) atoms. The molecule has 0 bridgehead atoms. The number of piperidine rings is 1. The van der Waals surface area contributed by atoms with Crippen LogP contribution in [0.1, 0.15) is 54.9 Å². The maximum absolute atomic E-state index is 12.7. The van der Waals surface area contributed by atoms with Gasteiger partial charge < -0.3 is 16.0 Å². The Balaban J connectivity index is 2.06. The molecule has 2 rings (SSSR count). The number of benzene rings is 1. The number of hydrogen-bond donors (Lipinski definition) is 2. The summed E-state index contributed by atoms with van der Waals surface area (Å²) >= 11 is 0. The predicted octanol–water partition coefficient (Wildman–Crippen LogP) is 2.69. The highest BCUT2D eigenvalue weighted by molar-refractivity contribution is 5.96. The Kier molecular flexibility index (Phi) is 6.16. The molecule has 1 unspecified atom stereocenters. The Morgan fingerprint density at radius 1 is 1.35 bits per heavy atom. The molecule has 1 saturated heterocycles. The number of aryl methyl sites for hydroxylation is 1. The highest BCUT2D eigenvalue weighted by Crippen LogP contribution is 2.22. The van der Waals surface area contributed by atoms with E-state index in [1.54, 1.807) is 6.07 Å². The number of anilines is 1. The molecule has 1 aliphatic heterocycles. The molecule has 0 saturated carbocycles. The summed E-state index contributed by atoms with van der Waals surface area (Å²) in [7, 11) is 0. The Labute approximate surface area is 138 Å². The molecule has 5 nitrogen and oxygen atoms in total. The van der Waals surface area contributed by atoms with E-state index < -0.39 is 0 Å². The first kappa shape index (κ1) is 17.5. The first-order valence-electron chi connectivity index (χ1n) is 8.44. The molecule has 1 aromatic carbocycles. The Hall–Kier alpha value is -1.88. The standard InChI is InChI=1S/C18H27N3O2/c1-13-12-15(18(23)21-11-4-3-6-14(21)2)8-9-16(13)20-17(22)7-5-10-19/h8-9,12,14H,3-7,10-11,19H2,1-2H3,(H,20,22). The predicted molar refractivity (Wildman–Crippen MR) is 92.4 cm³/mol. The fourth-order valence-corrected chi connectivity index (χ4v) is 2.98. The SMILES string of the molecule is Cc1cc(C(=O)N2CCCCC2C)ccc1NC(=O)CCCN. The molecule has 1 aliphatic rings. The zero-order chi connectivity index (χ0) is 16.8. The lowest BCUT2D eigenvalue weighted by Crippen LogP contribution is -2.42. The quantitative estimate of drug-likeness (QED) is 0.876. The van der Waals surface area contributed by atoms with E-state index in [9.17, 15) is 9.59 Å². The van der Waals surface area contributed by atoms with Crippen molar-refractivity contribution in [3.63, 3.8) is 0 Å². The third-order valence-electron chi connectivity index (χ3n) is 4.42. The molecule has 126 valence electrons. The summed E-state index contributed by atoms with van der Waals surface area (Å²) in [6, 6.07) is 5.78. The van der Waals surface area contributed by atoms with Crippen molar-refractivity contribution in [1.82, 2.24) is 4.90 Å². The average molecular weight is 317 g/mol. The van der Waals surface area contributed by atoms with Gasteiger partial charge in [-0.05, 0) is 69.8 Å². The van der Waals surface area contributed by atoms with Crippen LogP contribution in [0.4, 0.5) is 5.69 Å². The summed E-state index contributed by atoms with van der Waals surface area (Å²) in [5, 5.41) is 2.88. The Bertz CT molecular complexity index is 571. The normalized spacial score (nSPS) is 17.9. The molecule has 1 heterocycles. The molecular weight excluding hydrogens is 290 g/mol. The molecule has 1 aromatic rings. The third kappa shape index (κ3) is 4.55. The summed E-state index contributed by atoms with van der Waals surface area (Å²) < 4.78 is 0. The zero-order valence-electron chi connectivity index (χ0n) is 14.1. The van der Waals surface area contributed by atoms with E-state index in [1.807, 2.05) is 24.0 Å². The van der Waals surface area contributed by atoms with Crippen LogP contribution < -0.4 is 11.1 Å². The van der Waals surface area contributed by atoms with Gasteiger partial charge in [0.05, 0.1) is 0 Å². The largest absolute Gasteiger partial charge is 0.336 e. The second-order valence-electron chi connectivity index (χ2n) is 6.31. The van der Waals surface area contributed by atoms with Crippen molar-refractivity contribution in [2.45, 2.75) is 52.0 Å². The van der Waals surface area contributed by atoms with Crippen LogP contribution in [0.3, 0.4) is 0 Å². The van der Waals surface area contributed by atoms with E-state index >= 15 is 0 Å². The van der Waals surface area contributed by atoms with Crippen molar-refractivity contribution in [2.24, 2.45) is 5.73 Å². The van der Waals surface area contributed by atoms with Gasteiger partial charge in [-0.15, -0.1) is 0 Å². The lowest BCUT2D eigenvalue weighted by atomic mass is 10.0. The van der Waals surface area contributed by atoms with E-state index in [-0.39, 0.29) is 11.8 Å². The van der Waals surface area contributed by atoms with Gasteiger partial charge in [0, 0.05) is 30.3 Å². The van der Waals surface area contributed by atoms with Crippen LogP contribution in [0.15, 0.2) is 18.2 Å². The number of hydrogen-bond acceptors (Lipinski definition) is 3. The van der Waals surface area contributed by atoms with Gasteiger partial charge in [-0.1, -0.05) is 0 Å². The number of nitrogens with zero attached hydrogens (tertiary/aromatic N) is 1. The fourth-order valence-electron chi connectivity index (χ4n) is 2.98. The number of rotatable bonds is 5. The Morgan fingerprint density at radius 2 is 2.13 bits per heavy atom. The summed E-state index contributed by atoms with van der Waals surface area (Å²) in [5.74, 6) is 0.0450. The number of likely N-dealkylation sites (tertiary alicyclic amines) is 1. The first-order valence-corrected chi connectivity index (χ1v) is 8.44. The van der Waals surface area contributed by atoms with Gasteiger partial charge in [-0.2, -0.15) is 0 Å². The maximum atomic E-state index is 12.7. The van der Waals surface area contributed by atoms with Gasteiger partial charge in [0.1, 0.15) is 0 Å². The molecular formula is C18H27N3O2. The van der Waals surface area contributed by atoms with Gasteiger partial charge >= 0.3 is 0 Å². The lowest BCUT2D eigenvalue weighted by molar-refractivity contribution is -0.116. The van der Waals surface area contributed by atoms with Gasteiger partial charge in [0.25, 0.3) is 5.91 Å². The van der Waals surface area contributed by atoms with Gasteiger partial charge in [-0.3, -0.25) is 9.59 Å². The van der Waals surface area contributed by atoms with Crippen LogP contribution in [0.25, 0.3) is 0 Å². The zero-order valence-corrected chi connectivity index (χ0v) is 14.1. The second-order valence-corrected chi connectivity index (χ2v) is 6.31. The van der Waals surface area contributed by atoms with Gasteiger partial charge in [-0.25, -0.2) is 0 Å². The van der Waals surface area contributed by atoms with Crippen molar-refractivity contribution < 1.29 is 9.59 Å². The maximum Gasteiger partial charge on any atom is 0.254 e. The molecule has 0 aliphatic carbocycles. The summed E-state index contributed by atoms with van der Waals surface area (Å²) in [4.78, 5) is 26.4. The van der Waals surface area contributed by atoms with Crippen molar-refractivity contribution in [3.8, 4) is 0 Å². The second kappa shape index (κ2) is 8.11. The van der Waals surface area contributed by atoms with Crippen molar-refractivity contribution in [2.75, 3.05) is 18.4 Å². The molecule has 3 N–H and O–H groups in total. The molecule has 0 aromatic heterocycles. The van der Waals surface area contributed by atoms with E-state index in [4.69, 9.17) is 5.73 Å². The molecule has 5 heteroatoms.